The maximum atomic E-state index is 13.5. The van der Waals surface area contributed by atoms with Crippen molar-refractivity contribution in [3.05, 3.63) is 53.1 Å². The highest BCUT2D eigenvalue weighted by molar-refractivity contribution is 8.01. The second-order valence-corrected chi connectivity index (χ2v) is 13.7. The van der Waals surface area contributed by atoms with Crippen LogP contribution in [0.3, 0.4) is 0 Å². The van der Waals surface area contributed by atoms with Gasteiger partial charge in [0.15, 0.2) is 11.0 Å². The Hall–Kier alpha value is -2.56. The normalized spacial score (nSPS) is 20.5. The Labute approximate surface area is 229 Å². The van der Waals surface area contributed by atoms with E-state index in [9.17, 15) is 23.1 Å². The summed E-state index contributed by atoms with van der Waals surface area (Å²) in [4.78, 5) is 27.5. The number of hydrogen-bond acceptors (Lipinski definition) is 8. The third-order valence-electron chi connectivity index (χ3n) is 6.89. The number of phenolic OH excluding ortho intramolecular Hbond substituents is 1. The van der Waals surface area contributed by atoms with Crippen molar-refractivity contribution in [1.29, 1.82) is 0 Å². The van der Waals surface area contributed by atoms with E-state index in [0.29, 0.717) is 23.3 Å². The van der Waals surface area contributed by atoms with Gasteiger partial charge in [0.05, 0.1) is 0 Å². The van der Waals surface area contributed by atoms with E-state index in [1.807, 2.05) is 46.8 Å². The zero-order chi connectivity index (χ0) is 28.5. The topological polar surface area (TPSA) is 119 Å². The van der Waals surface area contributed by atoms with Gasteiger partial charge in [0, 0.05) is 18.4 Å². The molecule has 0 aliphatic carbocycles. The van der Waals surface area contributed by atoms with Crippen LogP contribution in [-0.4, -0.2) is 43.2 Å². The number of esters is 1. The van der Waals surface area contributed by atoms with E-state index in [0.717, 1.165) is 22.9 Å². The van der Waals surface area contributed by atoms with Crippen LogP contribution in [0, 0.1) is 12.8 Å². The zero-order valence-corrected chi connectivity index (χ0v) is 24.6. The third-order valence-corrected chi connectivity index (χ3v) is 9.07. The Bertz CT molecular complexity index is 1280. The molecule has 2 aromatic rings. The summed E-state index contributed by atoms with van der Waals surface area (Å²) in [5, 5.41) is 8.52. The summed E-state index contributed by atoms with van der Waals surface area (Å²) in [5.41, 5.74) is 0.955. The minimum Gasteiger partial charge on any atom is -0.508 e. The lowest BCUT2D eigenvalue weighted by Crippen LogP contribution is -2.52. The molecule has 2 N–H and O–H groups in total. The molecule has 3 rings (SSSR count). The molecule has 10 heteroatoms. The third kappa shape index (κ3) is 6.90. The highest BCUT2D eigenvalue weighted by Gasteiger charge is 2.49. The van der Waals surface area contributed by atoms with Gasteiger partial charge in [-0.2, -0.15) is 13.1 Å². The van der Waals surface area contributed by atoms with Crippen molar-refractivity contribution >= 4 is 33.8 Å². The molecule has 0 spiro atoms. The van der Waals surface area contributed by atoms with Crippen LogP contribution in [0.1, 0.15) is 64.2 Å². The van der Waals surface area contributed by atoms with Crippen molar-refractivity contribution in [2.24, 2.45) is 5.92 Å². The number of thioether (sulfide) groups is 1. The fourth-order valence-electron chi connectivity index (χ4n) is 4.41. The molecule has 0 bridgehead atoms. The number of carbonyl (C=O) groups is 2. The van der Waals surface area contributed by atoms with Crippen LogP contribution in [0.15, 0.2) is 41.3 Å². The van der Waals surface area contributed by atoms with Crippen LogP contribution >= 0.6 is 11.8 Å². The molecule has 0 aromatic heterocycles. The molecule has 0 amide bonds. The predicted octanol–water partition coefficient (Wildman–Crippen LogP) is 4.85. The first-order valence-electron chi connectivity index (χ1n) is 12.5. The molecule has 1 fully saturated rings. The van der Waals surface area contributed by atoms with Gasteiger partial charge in [-0.25, -0.2) is 0 Å². The largest absolute Gasteiger partial charge is 0.508 e. The van der Waals surface area contributed by atoms with Gasteiger partial charge in [-0.15, -0.1) is 11.8 Å². The minimum absolute atomic E-state index is 0.0728. The molecule has 2 atom stereocenters. The zero-order valence-electron chi connectivity index (χ0n) is 23.0. The van der Waals surface area contributed by atoms with Crippen molar-refractivity contribution in [1.82, 2.24) is 4.72 Å². The van der Waals surface area contributed by atoms with Gasteiger partial charge in [-0.1, -0.05) is 46.8 Å². The lowest BCUT2D eigenvalue weighted by molar-refractivity contribution is -0.176. The Morgan fingerprint density at radius 1 is 1.18 bits per heavy atom. The summed E-state index contributed by atoms with van der Waals surface area (Å²) in [7, 11) is -2.70. The van der Waals surface area contributed by atoms with Gasteiger partial charge in [-0.3, -0.25) is 9.59 Å². The Morgan fingerprint density at radius 2 is 1.82 bits per heavy atom. The fraction of sp³-hybridized carbons (Fsp3) is 0.500. The standard InChI is InChI=1S/C28H37NO7S2/c1-17(2)28(13-12-19-8-10-20(30)11-9-19)16-22(31)25(26(32)35-28)37-24-14-18(3)23(36-38(33,34)29-7)15-21(24)27(4,5)6/h8-11,14-15,17,25,29-30H,12-13,16H2,1-7H3. The van der Waals surface area contributed by atoms with E-state index in [-0.39, 0.29) is 29.6 Å². The molecule has 1 saturated heterocycles. The van der Waals surface area contributed by atoms with Gasteiger partial charge in [0.2, 0.25) is 0 Å². The lowest BCUT2D eigenvalue weighted by atomic mass is 9.78. The predicted molar refractivity (Wildman–Crippen MR) is 148 cm³/mol. The molecule has 0 radical (unpaired) electrons. The molecule has 1 aliphatic heterocycles. The summed E-state index contributed by atoms with van der Waals surface area (Å²) in [6.45, 7) is 11.5. The number of cyclic esters (lactones) is 1. The first-order valence-corrected chi connectivity index (χ1v) is 14.8. The summed E-state index contributed by atoms with van der Waals surface area (Å²) >= 11 is 1.14. The molecular weight excluding hydrogens is 526 g/mol. The van der Waals surface area contributed by atoms with Crippen LogP contribution in [0.2, 0.25) is 0 Å². The minimum atomic E-state index is -3.96. The number of rotatable bonds is 9. The van der Waals surface area contributed by atoms with Crippen molar-refractivity contribution in [2.45, 2.75) is 82.0 Å². The molecular formula is C28H37NO7S2. The van der Waals surface area contributed by atoms with E-state index < -0.39 is 32.5 Å². The van der Waals surface area contributed by atoms with E-state index in [2.05, 4.69) is 4.72 Å². The van der Waals surface area contributed by atoms with Crippen molar-refractivity contribution in [3.63, 3.8) is 0 Å². The van der Waals surface area contributed by atoms with Gasteiger partial charge < -0.3 is 14.0 Å². The highest BCUT2D eigenvalue weighted by Crippen LogP contribution is 2.43. The molecule has 208 valence electrons. The van der Waals surface area contributed by atoms with E-state index in [4.69, 9.17) is 8.92 Å². The average Bonchev–Trinajstić information content (AvgIpc) is 2.81. The molecule has 2 aromatic carbocycles. The number of Topliss-reactive ketones (excluding diaryl/α,β-unsaturated/α-hetero) is 1. The Kier molecular flexibility index (Phi) is 8.90. The first kappa shape index (κ1) is 30.0. The van der Waals surface area contributed by atoms with Crippen molar-refractivity contribution < 1.29 is 32.0 Å². The maximum Gasteiger partial charge on any atom is 0.382 e. The molecule has 1 aliphatic rings. The second kappa shape index (κ2) is 11.3. The number of ketones is 1. The summed E-state index contributed by atoms with van der Waals surface area (Å²) in [6, 6.07) is 10.3. The number of aryl methyl sites for hydroxylation is 2. The van der Waals surface area contributed by atoms with Gasteiger partial charge in [0.25, 0.3) is 0 Å². The maximum absolute atomic E-state index is 13.5. The Balaban J connectivity index is 1.87. The SMILES string of the molecule is CNS(=O)(=O)Oc1cc(C(C)(C)C)c(SC2C(=O)CC(CCc3ccc(O)cc3)(C(C)C)OC2=O)cc1C. The monoisotopic (exact) mass is 563 g/mol. The smallest absolute Gasteiger partial charge is 0.382 e. The van der Waals surface area contributed by atoms with Crippen molar-refractivity contribution in [3.8, 4) is 11.5 Å². The molecule has 38 heavy (non-hydrogen) atoms. The second-order valence-electron chi connectivity index (χ2n) is 11.1. The first-order chi connectivity index (χ1) is 17.6. The molecule has 0 saturated carbocycles. The number of nitrogens with one attached hydrogen (secondary N) is 1. The molecule has 8 nitrogen and oxygen atoms in total. The number of aromatic hydroxyl groups is 1. The quantitative estimate of drug-likeness (QED) is 0.328. The van der Waals surface area contributed by atoms with Crippen LogP contribution in [0.5, 0.6) is 11.5 Å². The number of hydrogen-bond donors (Lipinski definition) is 2. The van der Waals surface area contributed by atoms with E-state index >= 15 is 0 Å². The van der Waals surface area contributed by atoms with Gasteiger partial charge >= 0.3 is 16.3 Å². The number of benzene rings is 2. The van der Waals surface area contributed by atoms with Gasteiger partial charge in [-0.05, 0) is 72.1 Å². The van der Waals surface area contributed by atoms with Crippen LogP contribution in [-0.2, 0) is 36.5 Å². The van der Waals surface area contributed by atoms with Crippen molar-refractivity contribution in [2.75, 3.05) is 7.05 Å². The number of carbonyl (C=O) groups excluding carboxylic acids is 2. The van der Waals surface area contributed by atoms with E-state index in [1.54, 1.807) is 31.2 Å². The fourth-order valence-corrected chi connectivity index (χ4v) is 6.26. The number of ether oxygens (including phenoxy) is 1. The lowest BCUT2D eigenvalue weighted by Gasteiger charge is -2.41. The number of phenols is 1. The van der Waals surface area contributed by atoms with Gasteiger partial charge in [0.1, 0.15) is 17.1 Å². The van der Waals surface area contributed by atoms with Crippen LogP contribution < -0.4 is 8.91 Å². The summed E-state index contributed by atoms with van der Waals surface area (Å²) in [6.07, 6.45) is 1.20. The molecule has 2 unspecified atom stereocenters. The summed E-state index contributed by atoms with van der Waals surface area (Å²) < 4.78 is 37.4. The summed E-state index contributed by atoms with van der Waals surface area (Å²) in [5.74, 6) is -0.474. The molecule has 1 heterocycles. The highest BCUT2D eigenvalue weighted by atomic mass is 32.2. The van der Waals surface area contributed by atoms with Crippen LogP contribution in [0.4, 0.5) is 0 Å². The van der Waals surface area contributed by atoms with E-state index in [1.165, 1.54) is 7.05 Å². The average molecular weight is 564 g/mol. The van der Waals surface area contributed by atoms with Crippen LogP contribution in [0.25, 0.3) is 0 Å². The Morgan fingerprint density at radius 3 is 2.34 bits per heavy atom.